The van der Waals surface area contributed by atoms with Crippen LogP contribution in [0.1, 0.15) is 25.0 Å². The van der Waals surface area contributed by atoms with Gasteiger partial charge in [-0.05, 0) is 51.7 Å². The van der Waals surface area contributed by atoms with E-state index in [0.717, 1.165) is 39.2 Å². The standard InChI is InChI=1S/C45H31N3/c1-45(2)36-25-23-28-13-6-7-18-32(28)40(36)41-37(45)26-24-34-33-19-9-11-22-39(33)48(43(34)41)31-17-12-16-30(27-31)44-46-38-21-10-8-20-35(38)42(47-44)29-14-4-3-5-15-29/h3-27H,1-2H3. The molecule has 1 aliphatic carbocycles. The number of hydrogen-bond acceptors (Lipinski definition) is 2. The van der Waals surface area contributed by atoms with E-state index in [1.165, 1.54) is 54.8 Å². The predicted octanol–water partition coefficient (Wildman–Crippen LogP) is 11.5. The van der Waals surface area contributed by atoms with E-state index in [4.69, 9.17) is 9.97 Å². The van der Waals surface area contributed by atoms with Gasteiger partial charge in [-0.25, -0.2) is 9.97 Å². The highest BCUT2D eigenvalue weighted by Crippen LogP contribution is 2.55. The number of aromatic nitrogens is 3. The van der Waals surface area contributed by atoms with Crippen LogP contribution in [0.15, 0.2) is 152 Å². The monoisotopic (exact) mass is 613 g/mol. The van der Waals surface area contributed by atoms with Crippen LogP contribution in [-0.2, 0) is 5.41 Å². The van der Waals surface area contributed by atoms with Crippen molar-refractivity contribution in [3.63, 3.8) is 0 Å². The maximum absolute atomic E-state index is 5.21. The fraction of sp³-hybridized carbons (Fsp3) is 0.0667. The molecule has 48 heavy (non-hydrogen) atoms. The molecule has 0 saturated carbocycles. The van der Waals surface area contributed by atoms with Gasteiger partial charge in [-0.15, -0.1) is 0 Å². The molecule has 2 aromatic heterocycles. The Morgan fingerprint density at radius 1 is 0.500 bits per heavy atom. The normalized spacial score (nSPS) is 13.4. The fourth-order valence-electron chi connectivity index (χ4n) is 8.11. The van der Waals surface area contributed by atoms with E-state index in [1.54, 1.807) is 0 Å². The molecule has 7 aromatic carbocycles. The van der Waals surface area contributed by atoms with E-state index in [9.17, 15) is 0 Å². The van der Waals surface area contributed by atoms with Gasteiger partial charge in [0, 0.05) is 44.0 Å². The SMILES string of the molecule is CC1(C)c2ccc3ccccc3c2-c2c1ccc1c3ccccc3n(-c3cccc(-c4nc(-c5ccccc5)c5ccccc5n4)c3)c21. The van der Waals surface area contributed by atoms with E-state index >= 15 is 0 Å². The van der Waals surface area contributed by atoms with Gasteiger partial charge in [0.2, 0.25) is 0 Å². The third-order valence-corrected chi connectivity index (χ3v) is 10.4. The molecule has 0 spiro atoms. The zero-order valence-electron chi connectivity index (χ0n) is 26.8. The van der Waals surface area contributed by atoms with Crippen LogP contribution in [0.4, 0.5) is 0 Å². The summed E-state index contributed by atoms with van der Waals surface area (Å²) < 4.78 is 2.47. The second-order valence-corrected chi connectivity index (χ2v) is 13.4. The quantitative estimate of drug-likeness (QED) is 0.198. The summed E-state index contributed by atoms with van der Waals surface area (Å²) in [7, 11) is 0. The molecule has 1 aliphatic rings. The highest BCUT2D eigenvalue weighted by molar-refractivity contribution is 6.18. The minimum atomic E-state index is -0.126. The highest BCUT2D eigenvalue weighted by atomic mass is 15.0. The molecule has 226 valence electrons. The molecule has 0 atom stereocenters. The molecule has 0 amide bonds. The molecule has 3 nitrogen and oxygen atoms in total. The smallest absolute Gasteiger partial charge is 0.160 e. The Kier molecular flexibility index (Phi) is 5.63. The van der Waals surface area contributed by atoms with Crippen LogP contribution in [0.3, 0.4) is 0 Å². The molecule has 0 radical (unpaired) electrons. The van der Waals surface area contributed by atoms with Crippen molar-refractivity contribution in [2.24, 2.45) is 0 Å². The van der Waals surface area contributed by atoms with Gasteiger partial charge in [0.05, 0.1) is 22.2 Å². The van der Waals surface area contributed by atoms with Gasteiger partial charge in [0.25, 0.3) is 0 Å². The van der Waals surface area contributed by atoms with Gasteiger partial charge < -0.3 is 4.57 Å². The van der Waals surface area contributed by atoms with Crippen molar-refractivity contribution in [2.75, 3.05) is 0 Å². The number of benzene rings is 7. The molecular formula is C45H31N3. The van der Waals surface area contributed by atoms with Gasteiger partial charge in [0.1, 0.15) is 0 Å². The fourth-order valence-corrected chi connectivity index (χ4v) is 8.11. The molecule has 0 N–H and O–H groups in total. The van der Waals surface area contributed by atoms with E-state index in [0.29, 0.717) is 0 Å². The van der Waals surface area contributed by atoms with Crippen LogP contribution in [-0.4, -0.2) is 14.5 Å². The van der Waals surface area contributed by atoms with Gasteiger partial charge >= 0.3 is 0 Å². The Labute approximate surface area is 278 Å². The van der Waals surface area contributed by atoms with Crippen molar-refractivity contribution in [1.82, 2.24) is 14.5 Å². The van der Waals surface area contributed by atoms with Crippen LogP contribution in [0, 0.1) is 0 Å². The second kappa shape index (κ2) is 9.97. The molecular weight excluding hydrogens is 583 g/mol. The van der Waals surface area contributed by atoms with Gasteiger partial charge in [-0.2, -0.15) is 0 Å². The largest absolute Gasteiger partial charge is 0.309 e. The first-order chi connectivity index (χ1) is 23.6. The van der Waals surface area contributed by atoms with E-state index < -0.39 is 0 Å². The second-order valence-electron chi connectivity index (χ2n) is 13.4. The molecule has 10 rings (SSSR count). The molecule has 2 heterocycles. The summed E-state index contributed by atoms with van der Waals surface area (Å²) >= 11 is 0. The van der Waals surface area contributed by atoms with Crippen LogP contribution >= 0.6 is 0 Å². The minimum Gasteiger partial charge on any atom is -0.309 e. The molecule has 9 aromatic rings. The van der Waals surface area contributed by atoms with Crippen molar-refractivity contribution in [1.29, 1.82) is 0 Å². The third kappa shape index (κ3) is 3.76. The summed E-state index contributed by atoms with van der Waals surface area (Å²) in [4.78, 5) is 10.3. The Balaban J connectivity index is 1.27. The molecule has 0 fully saturated rings. The molecule has 0 saturated heterocycles. The lowest BCUT2D eigenvalue weighted by Gasteiger charge is -2.21. The van der Waals surface area contributed by atoms with Crippen molar-refractivity contribution in [3.05, 3.63) is 163 Å². The summed E-state index contributed by atoms with van der Waals surface area (Å²) in [6.45, 7) is 4.74. The van der Waals surface area contributed by atoms with Gasteiger partial charge in [-0.1, -0.05) is 141 Å². The average molecular weight is 614 g/mol. The summed E-state index contributed by atoms with van der Waals surface area (Å²) in [5.74, 6) is 0.720. The van der Waals surface area contributed by atoms with Crippen LogP contribution in [0.2, 0.25) is 0 Å². The lowest BCUT2D eigenvalue weighted by molar-refractivity contribution is 0.661. The van der Waals surface area contributed by atoms with E-state index in [-0.39, 0.29) is 5.41 Å². The lowest BCUT2D eigenvalue weighted by atomic mass is 9.82. The van der Waals surface area contributed by atoms with Crippen LogP contribution in [0.5, 0.6) is 0 Å². The van der Waals surface area contributed by atoms with Gasteiger partial charge in [-0.3, -0.25) is 0 Å². The zero-order valence-corrected chi connectivity index (χ0v) is 26.8. The van der Waals surface area contributed by atoms with E-state index in [2.05, 4.69) is 158 Å². The van der Waals surface area contributed by atoms with Crippen molar-refractivity contribution >= 4 is 43.5 Å². The highest BCUT2D eigenvalue weighted by Gasteiger charge is 2.38. The Hall–Kier alpha value is -6.06. The Morgan fingerprint density at radius 2 is 1.19 bits per heavy atom. The number of rotatable bonds is 3. The topological polar surface area (TPSA) is 30.7 Å². The minimum absolute atomic E-state index is 0.126. The number of hydrogen-bond donors (Lipinski definition) is 0. The third-order valence-electron chi connectivity index (χ3n) is 10.4. The van der Waals surface area contributed by atoms with Crippen LogP contribution < -0.4 is 0 Å². The summed E-state index contributed by atoms with van der Waals surface area (Å²) in [6.07, 6.45) is 0. The average Bonchev–Trinajstić information content (AvgIpc) is 3.60. The predicted molar refractivity (Wildman–Crippen MR) is 200 cm³/mol. The number of fused-ring (bicyclic) bond motifs is 10. The number of nitrogens with zero attached hydrogens (tertiary/aromatic N) is 3. The zero-order chi connectivity index (χ0) is 32.0. The Bertz CT molecular complexity index is 2750. The summed E-state index contributed by atoms with van der Waals surface area (Å²) in [6, 6.07) is 54.4. The first-order valence-corrected chi connectivity index (χ1v) is 16.6. The molecule has 0 aliphatic heterocycles. The summed E-state index contributed by atoms with van der Waals surface area (Å²) in [5, 5.41) is 6.14. The molecule has 0 bridgehead atoms. The van der Waals surface area contributed by atoms with Crippen molar-refractivity contribution in [3.8, 4) is 39.5 Å². The van der Waals surface area contributed by atoms with Crippen molar-refractivity contribution < 1.29 is 0 Å². The first-order valence-electron chi connectivity index (χ1n) is 16.6. The maximum Gasteiger partial charge on any atom is 0.160 e. The Morgan fingerprint density at radius 3 is 2.06 bits per heavy atom. The van der Waals surface area contributed by atoms with Crippen molar-refractivity contribution in [2.45, 2.75) is 19.3 Å². The summed E-state index contributed by atoms with van der Waals surface area (Å²) in [5.41, 5.74) is 12.8. The molecule has 3 heteroatoms. The molecule has 0 unspecified atom stereocenters. The van der Waals surface area contributed by atoms with Gasteiger partial charge in [0.15, 0.2) is 5.82 Å². The van der Waals surface area contributed by atoms with E-state index in [1.807, 2.05) is 12.1 Å². The maximum atomic E-state index is 5.21. The van der Waals surface area contributed by atoms with Crippen LogP contribution in [0.25, 0.3) is 82.9 Å². The number of para-hydroxylation sites is 2. The first kappa shape index (κ1) is 27.1. The lowest BCUT2D eigenvalue weighted by Crippen LogP contribution is -2.14.